The predicted molar refractivity (Wildman–Crippen MR) is 121 cm³/mol. The van der Waals surface area contributed by atoms with Crippen molar-refractivity contribution in [3.63, 3.8) is 0 Å². The standard InChI is InChI=1S/C23H36N4O7/c1-15(13-28)24-21(30)19-14-33-11-10-27(19)22(31)17-6-5-9-26(17)20(29)12-16(2)34-23(32)18-7-4-8-25(18)3/h13,15-19H,4-12,14H2,1-3H3,(H,24,30). The number of amides is 3. The van der Waals surface area contributed by atoms with Crippen molar-refractivity contribution < 1.29 is 33.4 Å². The molecule has 0 aromatic rings. The van der Waals surface area contributed by atoms with Crippen LogP contribution in [0.25, 0.3) is 0 Å². The molecule has 3 saturated heterocycles. The molecule has 3 amide bonds. The van der Waals surface area contributed by atoms with E-state index in [1.807, 2.05) is 11.9 Å². The fourth-order valence-corrected chi connectivity index (χ4v) is 4.84. The SMILES string of the molecule is CC(C=O)NC(=O)C1COCCN1C(=O)C1CCCN1C(=O)CC(C)OC(=O)C1CCCN1C. The van der Waals surface area contributed by atoms with Crippen molar-refractivity contribution in [2.75, 3.05) is 39.9 Å². The van der Waals surface area contributed by atoms with Crippen LogP contribution in [0, 0.1) is 0 Å². The number of likely N-dealkylation sites (N-methyl/N-ethyl adjacent to an activating group) is 1. The zero-order chi connectivity index (χ0) is 24.8. The lowest BCUT2D eigenvalue weighted by Gasteiger charge is -2.38. The van der Waals surface area contributed by atoms with E-state index in [9.17, 15) is 24.0 Å². The van der Waals surface area contributed by atoms with E-state index in [1.54, 1.807) is 13.8 Å². The van der Waals surface area contributed by atoms with Gasteiger partial charge in [0.05, 0.1) is 25.7 Å². The van der Waals surface area contributed by atoms with Gasteiger partial charge in [0, 0.05) is 13.1 Å². The molecule has 190 valence electrons. The monoisotopic (exact) mass is 480 g/mol. The van der Waals surface area contributed by atoms with Crippen LogP contribution in [0.2, 0.25) is 0 Å². The fourth-order valence-electron chi connectivity index (χ4n) is 4.84. The predicted octanol–water partition coefficient (Wildman–Crippen LogP) is -0.676. The molecule has 0 radical (unpaired) electrons. The van der Waals surface area contributed by atoms with Gasteiger partial charge < -0.3 is 29.4 Å². The minimum atomic E-state index is -0.857. The van der Waals surface area contributed by atoms with Crippen LogP contribution in [0.15, 0.2) is 0 Å². The molecule has 11 nitrogen and oxygen atoms in total. The molecular formula is C23H36N4O7. The van der Waals surface area contributed by atoms with E-state index >= 15 is 0 Å². The number of carbonyl (C=O) groups is 5. The van der Waals surface area contributed by atoms with Crippen molar-refractivity contribution in [3.8, 4) is 0 Å². The second-order valence-electron chi connectivity index (χ2n) is 9.39. The van der Waals surface area contributed by atoms with Crippen LogP contribution < -0.4 is 5.32 Å². The molecule has 3 aliphatic heterocycles. The Labute approximate surface area is 200 Å². The van der Waals surface area contributed by atoms with E-state index in [1.165, 1.54) is 9.80 Å². The molecule has 0 aliphatic carbocycles. The number of ether oxygens (including phenoxy) is 2. The lowest BCUT2D eigenvalue weighted by molar-refractivity contribution is -0.158. The average molecular weight is 481 g/mol. The second-order valence-corrected chi connectivity index (χ2v) is 9.39. The van der Waals surface area contributed by atoms with Crippen LogP contribution in [-0.2, 0) is 33.4 Å². The lowest BCUT2D eigenvalue weighted by atomic mass is 10.1. The summed E-state index contributed by atoms with van der Waals surface area (Å²) >= 11 is 0. The molecule has 0 saturated carbocycles. The van der Waals surface area contributed by atoms with Crippen LogP contribution in [0.5, 0.6) is 0 Å². The second kappa shape index (κ2) is 11.7. The summed E-state index contributed by atoms with van der Waals surface area (Å²) in [7, 11) is 1.88. The number of carbonyl (C=O) groups excluding carboxylic acids is 5. The minimum absolute atomic E-state index is 0.00414. The Balaban J connectivity index is 1.59. The van der Waals surface area contributed by atoms with Gasteiger partial charge in [-0.2, -0.15) is 0 Å². The zero-order valence-electron chi connectivity index (χ0n) is 20.2. The summed E-state index contributed by atoms with van der Waals surface area (Å²) in [5.74, 6) is -1.33. The van der Waals surface area contributed by atoms with E-state index < -0.39 is 30.1 Å². The molecular weight excluding hydrogens is 444 g/mol. The molecule has 3 heterocycles. The first-order valence-corrected chi connectivity index (χ1v) is 12.1. The zero-order valence-corrected chi connectivity index (χ0v) is 20.2. The summed E-state index contributed by atoms with van der Waals surface area (Å²) in [6.45, 7) is 5.08. The van der Waals surface area contributed by atoms with E-state index in [4.69, 9.17) is 9.47 Å². The maximum atomic E-state index is 13.4. The van der Waals surface area contributed by atoms with Crippen molar-refractivity contribution >= 4 is 30.0 Å². The first kappa shape index (κ1) is 26.1. The van der Waals surface area contributed by atoms with Crippen molar-refractivity contribution in [1.29, 1.82) is 0 Å². The van der Waals surface area contributed by atoms with Gasteiger partial charge >= 0.3 is 5.97 Å². The Kier molecular flexibility index (Phi) is 9.01. The highest BCUT2D eigenvalue weighted by molar-refractivity contribution is 5.93. The molecule has 11 heteroatoms. The third-order valence-corrected chi connectivity index (χ3v) is 6.72. The molecule has 5 atom stereocenters. The fraction of sp³-hybridized carbons (Fsp3) is 0.783. The molecule has 34 heavy (non-hydrogen) atoms. The first-order chi connectivity index (χ1) is 16.2. The van der Waals surface area contributed by atoms with Gasteiger partial charge in [-0.3, -0.25) is 24.1 Å². The molecule has 0 spiro atoms. The third kappa shape index (κ3) is 6.12. The smallest absolute Gasteiger partial charge is 0.323 e. The van der Waals surface area contributed by atoms with Gasteiger partial charge in [0.2, 0.25) is 17.7 Å². The summed E-state index contributed by atoms with van der Waals surface area (Å²) in [5, 5.41) is 2.57. The molecule has 5 unspecified atom stereocenters. The highest BCUT2D eigenvalue weighted by atomic mass is 16.5. The number of nitrogens with one attached hydrogen (secondary N) is 1. The van der Waals surface area contributed by atoms with E-state index in [0.29, 0.717) is 32.3 Å². The number of likely N-dealkylation sites (tertiary alicyclic amines) is 2. The number of hydrogen-bond acceptors (Lipinski definition) is 8. The average Bonchev–Trinajstić information content (AvgIpc) is 3.47. The number of esters is 1. The molecule has 0 bridgehead atoms. The molecule has 0 aromatic heterocycles. The highest BCUT2D eigenvalue weighted by Crippen LogP contribution is 2.24. The molecule has 3 aliphatic rings. The quantitative estimate of drug-likeness (QED) is 0.358. The Morgan fingerprint density at radius 3 is 2.41 bits per heavy atom. The third-order valence-electron chi connectivity index (χ3n) is 6.72. The van der Waals surface area contributed by atoms with Crippen molar-refractivity contribution in [1.82, 2.24) is 20.0 Å². The highest BCUT2D eigenvalue weighted by Gasteiger charge is 2.42. The summed E-state index contributed by atoms with van der Waals surface area (Å²) in [5.41, 5.74) is 0. The number of aldehydes is 1. The van der Waals surface area contributed by atoms with Gasteiger partial charge in [-0.1, -0.05) is 0 Å². The van der Waals surface area contributed by atoms with Gasteiger partial charge in [0.25, 0.3) is 0 Å². The maximum absolute atomic E-state index is 13.4. The number of rotatable bonds is 8. The van der Waals surface area contributed by atoms with Gasteiger partial charge in [0.15, 0.2) is 0 Å². The van der Waals surface area contributed by atoms with Gasteiger partial charge in [-0.05, 0) is 53.1 Å². The summed E-state index contributed by atoms with van der Waals surface area (Å²) in [6.07, 6.45) is 2.87. The van der Waals surface area contributed by atoms with Gasteiger partial charge in [-0.15, -0.1) is 0 Å². The topological polar surface area (TPSA) is 126 Å². The Hall–Kier alpha value is -2.53. The minimum Gasteiger partial charge on any atom is -0.461 e. The van der Waals surface area contributed by atoms with Crippen LogP contribution in [0.3, 0.4) is 0 Å². The Morgan fingerprint density at radius 2 is 1.74 bits per heavy atom. The van der Waals surface area contributed by atoms with Crippen LogP contribution in [0.1, 0.15) is 46.0 Å². The molecule has 1 N–H and O–H groups in total. The number of nitrogens with zero attached hydrogens (tertiary/aromatic N) is 3. The van der Waals surface area contributed by atoms with E-state index in [-0.39, 0.29) is 43.4 Å². The van der Waals surface area contributed by atoms with E-state index in [2.05, 4.69) is 5.32 Å². The van der Waals surface area contributed by atoms with Crippen molar-refractivity contribution in [3.05, 3.63) is 0 Å². The Bertz CT molecular complexity index is 791. The lowest BCUT2D eigenvalue weighted by Crippen LogP contribution is -2.60. The largest absolute Gasteiger partial charge is 0.461 e. The van der Waals surface area contributed by atoms with Crippen LogP contribution in [-0.4, -0.2) is 115 Å². The molecule has 3 fully saturated rings. The van der Waals surface area contributed by atoms with Gasteiger partial charge in [-0.25, -0.2) is 0 Å². The summed E-state index contributed by atoms with van der Waals surface area (Å²) in [4.78, 5) is 67.3. The maximum Gasteiger partial charge on any atom is 0.323 e. The molecule has 0 aromatic carbocycles. The summed E-state index contributed by atoms with van der Waals surface area (Å²) in [6, 6.07) is -2.48. The Morgan fingerprint density at radius 1 is 1.03 bits per heavy atom. The van der Waals surface area contributed by atoms with Crippen molar-refractivity contribution in [2.24, 2.45) is 0 Å². The number of hydrogen-bond donors (Lipinski definition) is 1. The van der Waals surface area contributed by atoms with Crippen LogP contribution >= 0.6 is 0 Å². The molecule has 3 rings (SSSR count). The van der Waals surface area contributed by atoms with Gasteiger partial charge in [0.1, 0.15) is 30.5 Å². The normalized spacial score (nSPS) is 27.2. The summed E-state index contributed by atoms with van der Waals surface area (Å²) < 4.78 is 10.9. The first-order valence-electron chi connectivity index (χ1n) is 12.1. The van der Waals surface area contributed by atoms with E-state index in [0.717, 1.165) is 19.4 Å². The van der Waals surface area contributed by atoms with Crippen LogP contribution in [0.4, 0.5) is 0 Å². The van der Waals surface area contributed by atoms with Crippen molar-refractivity contribution in [2.45, 2.75) is 76.2 Å². The number of morpholine rings is 1.